The van der Waals surface area contributed by atoms with E-state index in [-0.39, 0.29) is 0 Å². The molecule has 0 aliphatic carbocycles. The fraction of sp³-hybridized carbons (Fsp3) is 0.714. The quantitative estimate of drug-likeness (QED) is 0.762. The zero-order valence-corrected chi connectivity index (χ0v) is 12.8. The van der Waals surface area contributed by atoms with E-state index < -0.39 is 0 Å². The normalized spacial score (nSPS) is 20.2. The van der Waals surface area contributed by atoms with E-state index in [0.717, 1.165) is 37.8 Å². The summed E-state index contributed by atoms with van der Waals surface area (Å²) in [6.45, 7) is 2.79. The van der Waals surface area contributed by atoms with Gasteiger partial charge in [0.05, 0.1) is 6.54 Å². The first-order valence-corrected chi connectivity index (χ1v) is 6.93. The second-order valence-electron chi connectivity index (χ2n) is 5.48. The van der Waals surface area contributed by atoms with Crippen molar-refractivity contribution in [3.8, 4) is 0 Å². The van der Waals surface area contributed by atoms with Crippen molar-refractivity contribution in [1.82, 2.24) is 19.6 Å². The zero-order chi connectivity index (χ0) is 14.0. The smallest absolute Gasteiger partial charge is 0.231 e. The predicted octanol–water partition coefficient (Wildman–Crippen LogP) is 1.14. The molecular formula is C14H26N4O. The summed E-state index contributed by atoms with van der Waals surface area (Å²) < 4.78 is 5.85. The van der Waals surface area contributed by atoms with Gasteiger partial charge in [-0.1, -0.05) is 0 Å². The van der Waals surface area contributed by atoms with Gasteiger partial charge < -0.3 is 24.3 Å². The Morgan fingerprint density at radius 3 is 2.47 bits per heavy atom. The highest BCUT2D eigenvalue weighted by molar-refractivity contribution is 5.16. The van der Waals surface area contributed by atoms with E-state index in [9.17, 15) is 0 Å². The van der Waals surface area contributed by atoms with Crippen LogP contribution in [0.1, 0.15) is 12.8 Å². The molecule has 2 heterocycles. The number of nitrogens with zero attached hydrogens (tertiary/aromatic N) is 4. The summed E-state index contributed by atoms with van der Waals surface area (Å²) in [5, 5.41) is 0. The zero-order valence-electron chi connectivity index (χ0n) is 12.8. The van der Waals surface area contributed by atoms with Crippen LogP contribution in [0, 0.1) is 0 Å². The first kappa shape index (κ1) is 13.9. The SMILES string of the molecule is CN(C)C1=C(N(C)C2=CCCCN2C)N(C)CCO1. The van der Waals surface area contributed by atoms with Gasteiger partial charge in [-0.05, 0) is 18.9 Å². The third-order valence-electron chi connectivity index (χ3n) is 3.70. The van der Waals surface area contributed by atoms with Crippen LogP contribution >= 0.6 is 0 Å². The highest BCUT2D eigenvalue weighted by Gasteiger charge is 2.27. The molecule has 0 aromatic carbocycles. The number of rotatable bonds is 3. The lowest BCUT2D eigenvalue weighted by Crippen LogP contribution is -2.43. The predicted molar refractivity (Wildman–Crippen MR) is 77.0 cm³/mol. The molecule has 5 heteroatoms. The molecule has 108 valence electrons. The molecular weight excluding hydrogens is 240 g/mol. The summed E-state index contributed by atoms with van der Waals surface area (Å²) in [4.78, 5) is 8.87. The molecule has 0 atom stereocenters. The van der Waals surface area contributed by atoms with E-state index in [1.54, 1.807) is 0 Å². The molecule has 0 aromatic rings. The number of hydrogen-bond acceptors (Lipinski definition) is 5. The van der Waals surface area contributed by atoms with Gasteiger partial charge in [0, 0.05) is 41.8 Å². The van der Waals surface area contributed by atoms with Crippen LogP contribution in [0.5, 0.6) is 0 Å². The molecule has 0 unspecified atom stereocenters. The molecule has 0 fully saturated rings. The molecule has 0 amide bonds. The maximum atomic E-state index is 5.85. The van der Waals surface area contributed by atoms with Gasteiger partial charge in [-0.2, -0.15) is 0 Å². The monoisotopic (exact) mass is 266 g/mol. The minimum Gasteiger partial charge on any atom is -0.475 e. The Labute approximate surface area is 116 Å². The van der Waals surface area contributed by atoms with Crippen molar-refractivity contribution in [2.24, 2.45) is 0 Å². The van der Waals surface area contributed by atoms with Gasteiger partial charge in [0.15, 0.2) is 5.82 Å². The lowest BCUT2D eigenvalue weighted by atomic mass is 10.2. The molecule has 2 aliphatic rings. The second-order valence-corrected chi connectivity index (χ2v) is 5.48. The highest BCUT2D eigenvalue weighted by atomic mass is 16.5. The van der Waals surface area contributed by atoms with E-state index in [1.165, 1.54) is 12.2 Å². The van der Waals surface area contributed by atoms with Gasteiger partial charge in [-0.15, -0.1) is 0 Å². The average Bonchev–Trinajstić information content (AvgIpc) is 2.38. The van der Waals surface area contributed by atoms with Crippen molar-refractivity contribution in [1.29, 1.82) is 0 Å². The Hall–Kier alpha value is -1.52. The fourth-order valence-corrected chi connectivity index (χ4v) is 2.67. The fourth-order valence-electron chi connectivity index (χ4n) is 2.67. The lowest BCUT2D eigenvalue weighted by molar-refractivity contribution is 0.0594. The van der Waals surface area contributed by atoms with Gasteiger partial charge in [-0.3, -0.25) is 0 Å². The number of ether oxygens (including phenoxy) is 1. The van der Waals surface area contributed by atoms with Crippen LogP contribution in [0.3, 0.4) is 0 Å². The molecule has 0 spiro atoms. The summed E-state index contributed by atoms with van der Waals surface area (Å²) in [5.41, 5.74) is 0. The largest absolute Gasteiger partial charge is 0.475 e. The van der Waals surface area contributed by atoms with Crippen LogP contribution in [-0.2, 0) is 4.74 Å². The first-order chi connectivity index (χ1) is 9.02. The third kappa shape index (κ3) is 2.74. The van der Waals surface area contributed by atoms with E-state index in [0.29, 0.717) is 0 Å². The lowest BCUT2D eigenvalue weighted by Gasteiger charge is -2.41. The maximum absolute atomic E-state index is 5.85. The number of likely N-dealkylation sites (N-methyl/N-ethyl adjacent to an activating group) is 1. The van der Waals surface area contributed by atoms with Crippen LogP contribution in [0.2, 0.25) is 0 Å². The Morgan fingerprint density at radius 1 is 1.11 bits per heavy atom. The Bertz CT molecular complexity index is 389. The highest BCUT2D eigenvalue weighted by Crippen LogP contribution is 2.26. The van der Waals surface area contributed by atoms with Gasteiger partial charge in [0.25, 0.3) is 0 Å². The summed E-state index contributed by atoms with van der Waals surface area (Å²) in [6, 6.07) is 0. The van der Waals surface area contributed by atoms with Gasteiger partial charge in [0.1, 0.15) is 12.4 Å². The maximum Gasteiger partial charge on any atom is 0.231 e. The topological polar surface area (TPSA) is 22.2 Å². The molecule has 0 bridgehead atoms. The molecule has 19 heavy (non-hydrogen) atoms. The molecule has 5 nitrogen and oxygen atoms in total. The van der Waals surface area contributed by atoms with Crippen LogP contribution in [0.4, 0.5) is 0 Å². The Kier molecular flexibility index (Phi) is 4.12. The van der Waals surface area contributed by atoms with Crippen molar-refractivity contribution in [2.75, 3.05) is 54.9 Å². The van der Waals surface area contributed by atoms with Crippen LogP contribution in [0.15, 0.2) is 23.6 Å². The van der Waals surface area contributed by atoms with Crippen molar-refractivity contribution < 1.29 is 4.74 Å². The van der Waals surface area contributed by atoms with Crippen molar-refractivity contribution in [2.45, 2.75) is 12.8 Å². The van der Waals surface area contributed by atoms with Gasteiger partial charge in [0.2, 0.25) is 5.88 Å². The molecule has 0 aromatic heterocycles. The van der Waals surface area contributed by atoms with E-state index in [4.69, 9.17) is 4.74 Å². The minimum absolute atomic E-state index is 0.746. The van der Waals surface area contributed by atoms with Crippen molar-refractivity contribution in [3.05, 3.63) is 23.6 Å². The molecule has 0 saturated heterocycles. The summed E-state index contributed by atoms with van der Waals surface area (Å²) >= 11 is 0. The number of hydrogen-bond donors (Lipinski definition) is 0. The Morgan fingerprint density at radius 2 is 1.84 bits per heavy atom. The van der Waals surface area contributed by atoms with E-state index in [2.05, 4.69) is 41.9 Å². The molecule has 0 saturated carbocycles. The average molecular weight is 266 g/mol. The van der Waals surface area contributed by atoms with E-state index in [1.807, 2.05) is 19.0 Å². The van der Waals surface area contributed by atoms with Crippen LogP contribution < -0.4 is 0 Å². The van der Waals surface area contributed by atoms with Gasteiger partial charge >= 0.3 is 0 Å². The van der Waals surface area contributed by atoms with Crippen molar-refractivity contribution >= 4 is 0 Å². The first-order valence-electron chi connectivity index (χ1n) is 6.93. The summed E-state index contributed by atoms with van der Waals surface area (Å²) in [6.07, 6.45) is 4.70. The summed E-state index contributed by atoms with van der Waals surface area (Å²) in [7, 11) is 10.5. The van der Waals surface area contributed by atoms with Crippen LogP contribution in [-0.4, -0.2) is 74.5 Å². The third-order valence-corrected chi connectivity index (χ3v) is 3.70. The second kappa shape index (κ2) is 5.63. The van der Waals surface area contributed by atoms with Crippen molar-refractivity contribution in [3.63, 3.8) is 0 Å². The van der Waals surface area contributed by atoms with Gasteiger partial charge in [-0.25, -0.2) is 0 Å². The molecule has 0 radical (unpaired) electrons. The minimum atomic E-state index is 0.746. The molecule has 2 aliphatic heterocycles. The molecule has 0 N–H and O–H groups in total. The van der Waals surface area contributed by atoms with E-state index >= 15 is 0 Å². The number of allylic oxidation sites excluding steroid dienone is 1. The summed E-state index contributed by atoms with van der Waals surface area (Å²) in [5.74, 6) is 3.34. The van der Waals surface area contributed by atoms with Crippen LogP contribution in [0.25, 0.3) is 0 Å². The Balaban J connectivity index is 2.33. The standard InChI is InChI=1S/C14H26N4O/c1-15(2)14-13(17(4)10-11-19-14)18(5)12-8-6-7-9-16(12)3/h8H,6-7,9-11H2,1-5H3. The molecule has 2 rings (SSSR count).